The molecule has 1 aromatic heterocycles. The average molecular weight is 192 g/mol. The van der Waals surface area contributed by atoms with Gasteiger partial charge < -0.3 is 10.0 Å². The minimum atomic E-state index is -0.532. The summed E-state index contributed by atoms with van der Waals surface area (Å²) in [6.45, 7) is 1.76. The lowest BCUT2D eigenvalue weighted by molar-refractivity contribution is 0.0523. The van der Waals surface area contributed by atoms with Crippen molar-refractivity contribution in [2.75, 3.05) is 20.1 Å². The van der Waals surface area contributed by atoms with Gasteiger partial charge in [0.25, 0.3) is 0 Å². The number of likely N-dealkylation sites (tertiary alicyclic amines) is 1. The van der Waals surface area contributed by atoms with Gasteiger partial charge in [-0.15, -0.1) is 0 Å². The summed E-state index contributed by atoms with van der Waals surface area (Å²) in [6.07, 6.45) is 5.15. The number of pyridine rings is 1. The molecule has 0 aliphatic carbocycles. The first-order valence-electron chi connectivity index (χ1n) is 4.98. The Morgan fingerprint density at radius 2 is 2.21 bits per heavy atom. The van der Waals surface area contributed by atoms with E-state index in [2.05, 4.69) is 9.88 Å². The third-order valence-corrected chi connectivity index (χ3v) is 2.81. The van der Waals surface area contributed by atoms with Crippen LogP contribution in [0.25, 0.3) is 0 Å². The highest BCUT2D eigenvalue weighted by Crippen LogP contribution is 2.23. The standard InChI is InChI=1S/C11H16N2O/c1-13-7-4-11(14,9-13)8-10-2-5-12-6-3-10/h2-3,5-6,14H,4,7-9H2,1H3. The Labute approximate surface area is 84.4 Å². The second-order valence-corrected chi connectivity index (χ2v) is 4.24. The summed E-state index contributed by atoms with van der Waals surface area (Å²) < 4.78 is 0. The SMILES string of the molecule is CN1CCC(O)(Cc2ccncc2)C1. The van der Waals surface area contributed by atoms with E-state index in [9.17, 15) is 5.11 Å². The smallest absolute Gasteiger partial charge is 0.0826 e. The normalized spacial score (nSPS) is 28.1. The lowest BCUT2D eigenvalue weighted by atomic mass is 9.94. The maximum Gasteiger partial charge on any atom is 0.0826 e. The molecule has 0 radical (unpaired) electrons. The average Bonchev–Trinajstić information content (AvgIpc) is 2.47. The Hall–Kier alpha value is -0.930. The van der Waals surface area contributed by atoms with Crippen molar-refractivity contribution in [2.24, 2.45) is 0 Å². The van der Waals surface area contributed by atoms with Gasteiger partial charge in [0.1, 0.15) is 0 Å². The quantitative estimate of drug-likeness (QED) is 0.749. The number of hydrogen-bond acceptors (Lipinski definition) is 3. The van der Waals surface area contributed by atoms with Crippen LogP contribution >= 0.6 is 0 Å². The van der Waals surface area contributed by atoms with Crippen molar-refractivity contribution in [3.05, 3.63) is 30.1 Å². The molecule has 0 spiro atoms. The van der Waals surface area contributed by atoms with Crippen LogP contribution in [0.2, 0.25) is 0 Å². The predicted molar refractivity (Wildman–Crippen MR) is 55.0 cm³/mol. The largest absolute Gasteiger partial charge is 0.388 e. The number of hydrogen-bond donors (Lipinski definition) is 1. The molecule has 0 amide bonds. The first kappa shape index (κ1) is 9.62. The summed E-state index contributed by atoms with van der Waals surface area (Å²) in [6, 6.07) is 3.94. The molecule has 3 nitrogen and oxygen atoms in total. The molecule has 1 unspecified atom stereocenters. The van der Waals surface area contributed by atoms with Gasteiger partial charge in [0, 0.05) is 31.9 Å². The lowest BCUT2D eigenvalue weighted by Crippen LogP contribution is -2.34. The molecular formula is C11H16N2O. The first-order chi connectivity index (χ1) is 6.68. The first-order valence-corrected chi connectivity index (χ1v) is 4.98. The van der Waals surface area contributed by atoms with Crippen molar-refractivity contribution < 1.29 is 5.11 Å². The van der Waals surface area contributed by atoms with Crippen LogP contribution < -0.4 is 0 Å². The van der Waals surface area contributed by atoms with Gasteiger partial charge in [-0.2, -0.15) is 0 Å². The highest BCUT2D eigenvalue weighted by atomic mass is 16.3. The Morgan fingerprint density at radius 1 is 1.50 bits per heavy atom. The third-order valence-electron chi connectivity index (χ3n) is 2.81. The highest BCUT2D eigenvalue weighted by molar-refractivity contribution is 5.14. The molecular weight excluding hydrogens is 176 g/mol. The third kappa shape index (κ3) is 2.11. The maximum absolute atomic E-state index is 10.3. The topological polar surface area (TPSA) is 36.4 Å². The Morgan fingerprint density at radius 3 is 2.79 bits per heavy atom. The van der Waals surface area contributed by atoms with Gasteiger partial charge in [0.15, 0.2) is 0 Å². The number of rotatable bonds is 2. The van der Waals surface area contributed by atoms with Crippen LogP contribution in [0, 0.1) is 0 Å². The van der Waals surface area contributed by atoms with Gasteiger partial charge in [0.2, 0.25) is 0 Å². The van der Waals surface area contributed by atoms with Crippen LogP contribution in [-0.4, -0.2) is 40.7 Å². The minimum absolute atomic E-state index is 0.532. The van der Waals surface area contributed by atoms with E-state index in [0.29, 0.717) is 0 Å². The molecule has 76 valence electrons. The van der Waals surface area contributed by atoms with Gasteiger partial charge in [0.05, 0.1) is 5.60 Å². The van der Waals surface area contributed by atoms with E-state index in [4.69, 9.17) is 0 Å². The molecule has 3 heteroatoms. The number of likely N-dealkylation sites (N-methyl/N-ethyl adjacent to an activating group) is 1. The monoisotopic (exact) mass is 192 g/mol. The van der Waals surface area contributed by atoms with E-state index >= 15 is 0 Å². The molecule has 2 heterocycles. The number of nitrogens with zero attached hydrogens (tertiary/aromatic N) is 2. The minimum Gasteiger partial charge on any atom is -0.388 e. The Balaban J connectivity index is 2.04. The molecule has 14 heavy (non-hydrogen) atoms. The molecule has 1 aliphatic heterocycles. The van der Waals surface area contributed by atoms with Crippen molar-refractivity contribution in [1.82, 2.24) is 9.88 Å². The molecule has 1 saturated heterocycles. The van der Waals surface area contributed by atoms with Crippen molar-refractivity contribution in [3.63, 3.8) is 0 Å². The van der Waals surface area contributed by atoms with Crippen molar-refractivity contribution in [3.8, 4) is 0 Å². The molecule has 1 atom stereocenters. The molecule has 1 aliphatic rings. The number of aliphatic hydroxyl groups is 1. The van der Waals surface area contributed by atoms with Crippen molar-refractivity contribution >= 4 is 0 Å². The van der Waals surface area contributed by atoms with Gasteiger partial charge in [-0.1, -0.05) is 0 Å². The van der Waals surface area contributed by atoms with Gasteiger partial charge >= 0.3 is 0 Å². The van der Waals surface area contributed by atoms with E-state index in [1.165, 1.54) is 0 Å². The number of β-amino-alcohol motifs (C(OH)–C–C–N with tert-alkyl or cyclic N) is 1. The van der Waals surface area contributed by atoms with Gasteiger partial charge in [-0.25, -0.2) is 0 Å². The van der Waals surface area contributed by atoms with Crippen LogP contribution in [0.4, 0.5) is 0 Å². The zero-order valence-corrected chi connectivity index (χ0v) is 8.48. The number of aromatic nitrogens is 1. The lowest BCUT2D eigenvalue weighted by Gasteiger charge is -2.22. The van der Waals surface area contributed by atoms with Gasteiger partial charge in [-0.3, -0.25) is 4.98 Å². The van der Waals surface area contributed by atoms with E-state index < -0.39 is 5.60 Å². The van der Waals surface area contributed by atoms with Gasteiger partial charge in [-0.05, 0) is 31.2 Å². The molecule has 0 saturated carbocycles. The fourth-order valence-corrected chi connectivity index (χ4v) is 2.08. The molecule has 1 N–H and O–H groups in total. The molecule has 1 aromatic rings. The summed E-state index contributed by atoms with van der Waals surface area (Å²) >= 11 is 0. The van der Waals surface area contributed by atoms with Crippen LogP contribution in [-0.2, 0) is 6.42 Å². The second-order valence-electron chi connectivity index (χ2n) is 4.24. The van der Waals surface area contributed by atoms with E-state index in [0.717, 1.165) is 31.5 Å². The maximum atomic E-state index is 10.3. The summed E-state index contributed by atoms with van der Waals surface area (Å²) in [7, 11) is 2.05. The summed E-state index contributed by atoms with van der Waals surface area (Å²) in [4.78, 5) is 6.13. The molecule has 0 bridgehead atoms. The summed E-state index contributed by atoms with van der Waals surface area (Å²) in [5.41, 5.74) is 0.633. The van der Waals surface area contributed by atoms with Crippen LogP contribution in [0.1, 0.15) is 12.0 Å². The van der Waals surface area contributed by atoms with Crippen LogP contribution in [0.3, 0.4) is 0 Å². The molecule has 2 rings (SSSR count). The second kappa shape index (κ2) is 3.67. The highest BCUT2D eigenvalue weighted by Gasteiger charge is 2.34. The Kier molecular flexibility index (Phi) is 2.52. The zero-order chi connectivity index (χ0) is 10.0. The summed E-state index contributed by atoms with van der Waals surface area (Å²) in [5, 5.41) is 10.3. The van der Waals surface area contributed by atoms with E-state index in [-0.39, 0.29) is 0 Å². The zero-order valence-electron chi connectivity index (χ0n) is 8.48. The summed E-state index contributed by atoms with van der Waals surface area (Å²) in [5.74, 6) is 0. The van der Waals surface area contributed by atoms with Crippen molar-refractivity contribution in [1.29, 1.82) is 0 Å². The van der Waals surface area contributed by atoms with E-state index in [1.807, 2.05) is 19.2 Å². The van der Waals surface area contributed by atoms with Crippen molar-refractivity contribution in [2.45, 2.75) is 18.4 Å². The van der Waals surface area contributed by atoms with E-state index in [1.54, 1.807) is 12.4 Å². The molecule has 0 aromatic carbocycles. The van der Waals surface area contributed by atoms with Crippen LogP contribution in [0.15, 0.2) is 24.5 Å². The molecule has 1 fully saturated rings. The fraction of sp³-hybridized carbons (Fsp3) is 0.545. The van der Waals surface area contributed by atoms with Crippen LogP contribution in [0.5, 0.6) is 0 Å². The predicted octanol–water partition coefficient (Wildman–Crippen LogP) is 0.691. The Bertz CT molecular complexity index is 301. The fourth-order valence-electron chi connectivity index (χ4n) is 2.08.